The van der Waals surface area contributed by atoms with Gasteiger partial charge in [0.15, 0.2) is 0 Å². The SMILES string of the molecule is C=C(C)[C@H]1CC[C@@](C)(N2CCN(C)CC2)[C@H](N)C1. The van der Waals surface area contributed by atoms with Gasteiger partial charge in [-0.15, -0.1) is 0 Å². The van der Waals surface area contributed by atoms with Crippen molar-refractivity contribution < 1.29 is 0 Å². The summed E-state index contributed by atoms with van der Waals surface area (Å²) >= 11 is 0. The molecule has 1 aliphatic heterocycles. The van der Waals surface area contributed by atoms with Crippen molar-refractivity contribution in [3.63, 3.8) is 0 Å². The number of piperazine rings is 1. The van der Waals surface area contributed by atoms with E-state index >= 15 is 0 Å². The molecule has 1 aliphatic carbocycles. The summed E-state index contributed by atoms with van der Waals surface area (Å²) in [5.41, 5.74) is 8.02. The third-order valence-electron chi connectivity index (χ3n) is 5.26. The highest BCUT2D eigenvalue weighted by Gasteiger charge is 2.42. The smallest absolute Gasteiger partial charge is 0.0333 e. The fraction of sp³-hybridized carbons (Fsp3) is 0.867. The maximum Gasteiger partial charge on any atom is 0.0333 e. The zero-order chi connectivity index (χ0) is 13.3. The Morgan fingerprint density at radius 1 is 1.28 bits per heavy atom. The number of nitrogens with two attached hydrogens (primary N) is 1. The van der Waals surface area contributed by atoms with E-state index in [0.717, 1.165) is 6.42 Å². The lowest BCUT2D eigenvalue weighted by Crippen LogP contribution is -2.64. The van der Waals surface area contributed by atoms with Crippen LogP contribution in [0, 0.1) is 5.92 Å². The molecule has 2 fully saturated rings. The molecule has 1 saturated heterocycles. The number of likely N-dealkylation sites (N-methyl/N-ethyl adjacent to an activating group) is 1. The van der Waals surface area contributed by atoms with Crippen LogP contribution in [-0.2, 0) is 0 Å². The molecule has 1 heterocycles. The largest absolute Gasteiger partial charge is 0.326 e. The zero-order valence-electron chi connectivity index (χ0n) is 12.3. The van der Waals surface area contributed by atoms with Crippen molar-refractivity contribution in [2.45, 2.75) is 44.7 Å². The molecule has 3 heteroatoms. The molecule has 0 aromatic carbocycles. The predicted octanol–water partition coefficient (Wildman–Crippen LogP) is 1.70. The second-order valence-electron chi connectivity index (χ2n) is 6.57. The van der Waals surface area contributed by atoms with E-state index in [1.54, 1.807) is 0 Å². The normalized spacial score (nSPS) is 39.8. The first-order chi connectivity index (χ1) is 8.43. The minimum absolute atomic E-state index is 0.202. The van der Waals surface area contributed by atoms with Crippen LogP contribution in [0.3, 0.4) is 0 Å². The first-order valence-electron chi connectivity index (χ1n) is 7.28. The Balaban J connectivity index is 2.01. The summed E-state index contributed by atoms with van der Waals surface area (Å²) in [6, 6.07) is 0.288. The summed E-state index contributed by atoms with van der Waals surface area (Å²) in [5, 5.41) is 0. The standard InChI is InChI=1S/C15H29N3/c1-12(2)13-5-6-15(3,14(16)11-13)18-9-7-17(4)8-10-18/h13-14H,1,5-11,16H2,2-4H3/t13-,14+,15+/m0/s1. The van der Waals surface area contributed by atoms with Crippen LogP contribution in [0.4, 0.5) is 0 Å². The van der Waals surface area contributed by atoms with Gasteiger partial charge in [0.05, 0.1) is 0 Å². The first-order valence-corrected chi connectivity index (χ1v) is 7.28. The van der Waals surface area contributed by atoms with Gasteiger partial charge in [-0.05, 0) is 46.1 Å². The highest BCUT2D eigenvalue weighted by atomic mass is 15.3. The van der Waals surface area contributed by atoms with E-state index in [2.05, 4.69) is 37.3 Å². The Hall–Kier alpha value is -0.380. The summed E-state index contributed by atoms with van der Waals surface area (Å²) in [5.74, 6) is 0.639. The molecule has 0 bridgehead atoms. The molecule has 1 saturated carbocycles. The first kappa shape index (κ1) is 14.0. The fourth-order valence-electron chi connectivity index (χ4n) is 3.49. The zero-order valence-corrected chi connectivity index (χ0v) is 12.3. The second-order valence-corrected chi connectivity index (χ2v) is 6.57. The van der Waals surface area contributed by atoms with Gasteiger partial charge < -0.3 is 10.6 Å². The van der Waals surface area contributed by atoms with Crippen LogP contribution < -0.4 is 5.73 Å². The Labute approximate surface area is 112 Å². The van der Waals surface area contributed by atoms with Crippen molar-refractivity contribution in [3.05, 3.63) is 12.2 Å². The maximum absolute atomic E-state index is 6.51. The number of allylic oxidation sites excluding steroid dienone is 1. The molecule has 0 spiro atoms. The van der Waals surface area contributed by atoms with Gasteiger partial charge in [0.2, 0.25) is 0 Å². The van der Waals surface area contributed by atoms with Gasteiger partial charge in [-0.2, -0.15) is 0 Å². The summed E-state index contributed by atoms with van der Waals surface area (Å²) in [7, 11) is 2.21. The lowest BCUT2D eigenvalue weighted by Gasteiger charge is -2.52. The fourth-order valence-corrected chi connectivity index (χ4v) is 3.49. The third-order valence-corrected chi connectivity index (χ3v) is 5.26. The van der Waals surface area contributed by atoms with Gasteiger partial charge in [-0.3, -0.25) is 4.90 Å². The van der Waals surface area contributed by atoms with E-state index in [-0.39, 0.29) is 11.6 Å². The Kier molecular flexibility index (Phi) is 4.15. The lowest BCUT2D eigenvalue weighted by molar-refractivity contribution is 0.00515. The monoisotopic (exact) mass is 251 g/mol. The minimum atomic E-state index is 0.202. The molecule has 2 aliphatic rings. The minimum Gasteiger partial charge on any atom is -0.326 e. The molecule has 0 amide bonds. The number of rotatable bonds is 2. The molecule has 0 radical (unpaired) electrons. The Bertz CT molecular complexity index is 307. The highest BCUT2D eigenvalue weighted by molar-refractivity contribution is 5.08. The quantitative estimate of drug-likeness (QED) is 0.758. The van der Waals surface area contributed by atoms with Gasteiger partial charge in [0.1, 0.15) is 0 Å². The van der Waals surface area contributed by atoms with Crippen LogP contribution in [0.25, 0.3) is 0 Å². The Morgan fingerprint density at radius 2 is 1.89 bits per heavy atom. The van der Waals surface area contributed by atoms with E-state index in [1.165, 1.54) is 44.6 Å². The summed E-state index contributed by atoms with van der Waals surface area (Å²) in [4.78, 5) is 5.04. The van der Waals surface area contributed by atoms with Crippen molar-refractivity contribution in [2.24, 2.45) is 11.7 Å². The third kappa shape index (κ3) is 2.63. The molecule has 0 unspecified atom stereocenters. The van der Waals surface area contributed by atoms with Crippen LogP contribution in [0.2, 0.25) is 0 Å². The van der Waals surface area contributed by atoms with Crippen molar-refractivity contribution in [1.29, 1.82) is 0 Å². The average molecular weight is 251 g/mol. The average Bonchev–Trinajstić information content (AvgIpc) is 2.33. The van der Waals surface area contributed by atoms with E-state index in [4.69, 9.17) is 5.73 Å². The van der Waals surface area contributed by atoms with Crippen molar-refractivity contribution in [3.8, 4) is 0 Å². The molecule has 3 atom stereocenters. The molecule has 0 aromatic rings. The summed E-state index contributed by atoms with van der Waals surface area (Å²) < 4.78 is 0. The molecule has 18 heavy (non-hydrogen) atoms. The van der Waals surface area contributed by atoms with Crippen molar-refractivity contribution in [2.75, 3.05) is 33.2 Å². The van der Waals surface area contributed by atoms with E-state index in [9.17, 15) is 0 Å². The van der Waals surface area contributed by atoms with Gasteiger partial charge in [0.25, 0.3) is 0 Å². The van der Waals surface area contributed by atoms with Crippen molar-refractivity contribution in [1.82, 2.24) is 9.80 Å². The number of nitrogens with zero attached hydrogens (tertiary/aromatic N) is 2. The van der Waals surface area contributed by atoms with E-state index < -0.39 is 0 Å². The summed E-state index contributed by atoms with van der Waals surface area (Å²) in [6.07, 6.45) is 3.58. The molecule has 104 valence electrons. The predicted molar refractivity (Wildman–Crippen MR) is 77.6 cm³/mol. The summed E-state index contributed by atoms with van der Waals surface area (Å²) in [6.45, 7) is 13.3. The molecular weight excluding hydrogens is 222 g/mol. The number of hydrogen-bond donors (Lipinski definition) is 1. The molecule has 2 rings (SSSR count). The highest BCUT2D eigenvalue weighted by Crippen LogP contribution is 2.38. The van der Waals surface area contributed by atoms with Gasteiger partial charge in [-0.25, -0.2) is 0 Å². The lowest BCUT2D eigenvalue weighted by atomic mass is 9.71. The van der Waals surface area contributed by atoms with Crippen LogP contribution in [0.1, 0.15) is 33.1 Å². The molecule has 3 nitrogen and oxygen atoms in total. The van der Waals surface area contributed by atoms with E-state index in [0.29, 0.717) is 5.92 Å². The number of hydrogen-bond acceptors (Lipinski definition) is 3. The molecule has 2 N–H and O–H groups in total. The van der Waals surface area contributed by atoms with Crippen LogP contribution >= 0.6 is 0 Å². The van der Waals surface area contributed by atoms with Gasteiger partial charge in [-0.1, -0.05) is 12.2 Å². The molecular formula is C15H29N3. The Morgan fingerprint density at radius 3 is 2.39 bits per heavy atom. The van der Waals surface area contributed by atoms with E-state index in [1.807, 2.05) is 0 Å². The van der Waals surface area contributed by atoms with Crippen LogP contribution in [-0.4, -0.2) is 54.6 Å². The van der Waals surface area contributed by atoms with Gasteiger partial charge in [0, 0.05) is 37.8 Å². The van der Waals surface area contributed by atoms with Crippen LogP contribution in [0.5, 0.6) is 0 Å². The second kappa shape index (κ2) is 5.32. The molecule has 0 aromatic heterocycles. The van der Waals surface area contributed by atoms with Crippen LogP contribution in [0.15, 0.2) is 12.2 Å². The van der Waals surface area contributed by atoms with Gasteiger partial charge >= 0.3 is 0 Å². The van der Waals surface area contributed by atoms with Crippen molar-refractivity contribution >= 4 is 0 Å². The maximum atomic E-state index is 6.51. The topological polar surface area (TPSA) is 32.5 Å².